The van der Waals surface area contributed by atoms with Gasteiger partial charge in [0, 0.05) is 4.88 Å². The summed E-state index contributed by atoms with van der Waals surface area (Å²) in [6.45, 7) is 7.60. The molecule has 2 heterocycles. The van der Waals surface area contributed by atoms with Gasteiger partial charge in [-0.25, -0.2) is 4.98 Å². The van der Waals surface area contributed by atoms with E-state index in [1.807, 2.05) is 51.1 Å². The van der Waals surface area contributed by atoms with Crippen LogP contribution >= 0.6 is 11.3 Å². The smallest absolute Gasteiger partial charge is 0.307 e. The summed E-state index contributed by atoms with van der Waals surface area (Å²) >= 11 is 1.48. The van der Waals surface area contributed by atoms with Crippen molar-refractivity contribution >= 4 is 27.5 Å². The average Bonchev–Trinajstić information content (AvgIpc) is 2.90. The maximum Gasteiger partial charge on any atom is 0.307 e. The number of fused-ring (bicyclic) bond motifs is 1. The summed E-state index contributed by atoms with van der Waals surface area (Å²) in [7, 11) is 0. The molecule has 136 valence electrons. The first-order valence-corrected chi connectivity index (χ1v) is 9.42. The summed E-state index contributed by atoms with van der Waals surface area (Å²) in [5.41, 5.74) is 1.86. The standard InChI is InChI=1S/C20H22N2O3S/c1-11(15-8-6-5-7-9-15)10-16(23)25-13(3)18-21-19(24)17-12(2)14(4)26-20(17)22-18/h5-9,11,13H,10H2,1-4H3,(H,21,22,24)/t11-,13-/m0/s1. The summed E-state index contributed by atoms with van der Waals surface area (Å²) in [5, 5.41) is 0.618. The highest BCUT2D eigenvalue weighted by atomic mass is 32.1. The first-order valence-electron chi connectivity index (χ1n) is 8.61. The minimum atomic E-state index is -0.606. The summed E-state index contributed by atoms with van der Waals surface area (Å²) in [6.07, 6.45) is -0.330. The molecule has 1 aromatic carbocycles. The quantitative estimate of drug-likeness (QED) is 0.676. The van der Waals surface area contributed by atoms with Crippen LogP contribution in [0.5, 0.6) is 0 Å². The molecule has 3 rings (SSSR count). The summed E-state index contributed by atoms with van der Waals surface area (Å²) in [5.74, 6) is 0.132. The van der Waals surface area contributed by atoms with Crippen molar-refractivity contribution in [3.8, 4) is 0 Å². The van der Waals surface area contributed by atoms with Crippen LogP contribution in [-0.4, -0.2) is 15.9 Å². The molecule has 0 aliphatic rings. The molecule has 0 bridgehead atoms. The number of nitrogens with zero attached hydrogens (tertiary/aromatic N) is 1. The molecule has 0 unspecified atom stereocenters. The van der Waals surface area contributed by atoms with Crippen LogP contribution in [0.4, 0.5) is 0 Å². The van der Waals surface area contributed by atoms with Crippen LogP contribution in [0.2, 0.25) is 0 Å². The van der Waals surface area contributed by atoms with Gasteiger partial charge >= 0.3 is 5.97 Å². The van der Waals surface area contributed by atoms with Crippen molar-refractivity contribution in [2.75, 3.05) is 0 Å². The van der Waals surface area contributed by atoms with Crippen molar-refractivity contribution in [3.05, 3.63) is 62.5 Å². The van der Waals surface area contributed by atoms with E-state index in [1.165, 1.54) is 11.3 Å². The molecular formula is C20H22N2O3S. The van der Waals surface area contributed by atoms with Gasteiger partial charge in [-0.2, -0.15) is 0 Å². The third kappa shape index (κ3) is 3.70. The third-order valence-electron chi connectivity index (χ3n) is 4.59. The van der Waals surface area contributed by atoms with Gasteiger partial charge in [0.2, 0.25) is 0 Å². The number of thiophene rings is 1. The van der Waals surface area contributed by atoms with Crippen molar-refractivity contribution in [1.82, 2.24) is 9.97 Å². The number of H-pyrrole nitrogens is 1. The lowest BCUT2D eigenvalue weighted by Crippen LogP contribution is -2.18. The van der Waals surface area contributed by atoms with Crippen LogP contribution < -0.4 is 5.56 Å². The normalized spacial score (nSPS) is 13.5. The van der Waals surface area contributed by atoms with E-state index in [0.29, 0.717) is 16.0 Å². The second-order valence-corrected chi connectivity index (χ2v) is 7.77. The number of carbonyl (C=O) groups is 1. The number of esters is 1. The van der Waals surface area contributed by atoms with E-state index in [4.69, 9.17) is 4.74 Å². The number of aromatic nitrogens is 2. The van der Waals surface area contributed by atoms with E-state index in [0.717, 1.165) is 16.0 Å². The molecule has 2 atom stereocenters. The molecule has 0 aliphatic carbocycles. The van der Waals surface area contributed by atoms with Gasteiger partial charge < -0.3 is 9.72 Å². The van der Waals surface area contributed by atoms with Gasteiger partial charge in [0.1, 0.15) is 4.83 Å². The predicted molar refractivity (Wildman–Crippen MR) is 104 cm³/mol. The van der Waals surface area contributed by atoms with Crippen LogP contribution in [0.25, 0.3) is 10.2 Å². The Labute approximate surface area is 156 Å². The van der Waals surface area contributed by atoms with Gasteiger partial charge in [0.05, 0.1) is 11.8 Å². The molecule has 0 spiro atoms. The molecule has 0 saturated heterocycles. The maximum atomic E-state index is 12.4. The second-order valence-electron chi connectivity index (χ2n) is 6.56. The molecular weight excluding hydrogens is 348 g/mol. The van der Waals surface area contributed by atoms with Gasteiger partial charge in [0.15, 0.2) is 11.9 Å². The Morgan fingerprint density at radius 3 is 2.62 bits per heavy atom. The van der Waals surface area contributed by atoms with E-state index in [2.05, 4.69) is 9.97 Å². The molecule has 6 heteroatoms. The fraction of sp³-hybridized carbons (Fsp3) is 0.350. The Morgan fingerprint density at radius 2 is 1.92 bits per heavy atom. The van der Waals surface area contributed by atoms with Gasteiger partial charge in [-0.15, -0.1) is 11.3 Å². The number of ether oxygens (including phenoxy) is 1. The molecule has 26 heavy (non-hydrogen) atoms. The number of aromatic amines is 1. The van der Waals surface area contributed by atoms with Crippen molar-refractivity contribution in [2.24, 2.45) is 0 Å². The number of hydrogen-bond donors (Lipinski definition) is 1. The maximum absolute atomic E-state index is 12.4. The zero-order valence-electron chi connectivity index (χ0n) is 15.3. The zero-order valence-corrected chi connectivity index (χ0v) is 16.1. The Hall–Kier alpha value is -2.47. The van der Waals surface area contributed by atoms with Gasteiger partial charge in [-0.05, 0) is 37.8 Å². The minimum absolute atomic E-state index is 0.0629. The number of rotatable bonds is 5. The zero-order chi connectivity index (χ0) is 18.8. The Balaban J connectivity index is 1.73. The lowest BCUT2D eigenvalue weighted by atomic mass is 9.98. The van der Waals surface area contributed by atoms with Crippen molar-refractivity contribution in [1.29, 1.82) is 0 Å². The van der Waals surface area contributed by atoms with Gasteiger partial charge in [-0.1, -0.05) is 37.3 Å². The highest BCUT2D eigenvalue weighted by Crippen LogP contribution is 2.27. The van der Waals surface area contributed by atoms with Crippen molar-refractivity contribution in [3.63, 3.8) is 0 Å². The van der Waals surface area contributed by atoms with Gasteiger partial charge in [-0.3, -0.25) is 9.59 Å². The third-order valence-corrected chi connectivity index (χ3v) is 5.69. The number of aryl methyl sites for hydroxylation is 2. The Bertz CT molecular complexity index is 991. The average molecular weight is 370 g/mol. The lowest BCUT2D eigenvalue weighted by Gasteiger charge is -2.15. The van der Waals surface area contributed by atoms with Crippen LogP contribution in [0.15, 0.2) is 35.1 Å². The highest BCUT2D eigenvalue weighted by molar-refractivity contribution is 7.18. The summed E-state index contributed by atoms with van der Waals surface area (Å²) < 4.78 is 5.50. The SMILES string of the molecule is Cc1sc2nc([C@H](C)OC(=O)C[C@H](C)c3ccccc3)[nH]c(=O)c2c1C. The van der Waals surface area contributed by atoms with Gasteiger partial charge in [0.25, 0.3) is 5.56 Å². The molecule has 1 N–H and O–H groups in total. The fourth-order valence-electron chi connectivity index (χ4n) is 2.91. The van der Waals surface area contributed by atoms with E-state index >= 15 is 0 Å². The van der Waals surface area contributed by atoms with E-state index < -0.39 is 6.10 Å². The van der Waals surface area contributed by atoms with Crippen LogP contribution in [0, 0.1) is 13.8 Å². The first-order chi connectivity index (χ1) is 12.4. The van der Waals surface area contributed by atoms with Crippen molar-refractivity contribution in [2.45, 2.75) is 46.1 Å². The molecule has 3 aromatic rings. The summed E-state index contributed by atoms with van der Waals surface area (Å²) in [6, 6.07) is 9.84. The number of benzene rings is 1. The molecule has 0 amide bonds. The van der Waals surface area contributed by atoms with Crippen LogP contribution in [-0.2, 0) is 9.53 Å². The number of nitrogens with one attached hydrogen (secondary N) is 1. The number of hydrogen-bond acceptors (Lipinski definition) is 5. The van der Waals surface area contributed by atoms with Crippen LogP contribution in [0.3, 0.4) is 0 Å². The van der Waals surface area contributed by atoms with Crippen LogP contribution in [0.1, 0.15) is 54.1 Å². The van der Waals surface area contributed by atoms with E-state index in [1.54, 1.807) is 6.92 Å². The van der Waals surface area contributed by atoms with Crippen molar-refractivity contribution < 1.29 is 9.53 Å². The topological polar surface area (TPSA) is 72.0 Å². The molecule has 2 aromatic heterocycles. The molecule has 0 radical (unpaired) electrons. The number of carbonyl (C=O) groups excluding carboxylic acids is 1. The summed E-state index contributed by atoms with van der Waals surface area (Å²) in [4.78, 5) is 33.6. The predicted octanol–water partition coefficient (Wildman–Crippen LogP) is 4.40. The molecule has 0 fully saturated rings. The second kappa shape index (κ2) is 7.41. The minimum Gasteiger partial charge on any atom is -0.454 e. The highest BCUT2D eigenvalue weighted by Gasteiger charge is 2.19. The first kappa shape index (κ1) is 18.3. The lowest BCUT2D eigenvalue weighted by molar-refractivity contribution is -0.149. The largest absolute Gasteiger partial charge is 0.454 e. The molecule has 5 nitrogen and oxygen atoms in total. The van der Waals surface area contributed by atoms with E-state index in [-0.39, 0.29) is 23.9 Å². The molecule has 0 aliphatic heterocycles. The Morgan fingerprint density at radius 1 is 1.23 bits per heavy atom. The van der Waals surface area contributed by atoms with E-state index in [9.17, 15) is 9.59 Å². The Kier molecular flexibility index (Phi) is 5.23. The fourth-order valence-corrected chi connectivity index (χ4v) is 3.95. The monoisotopic (exact) mass is 370 g/mol. The molecule has 0 saturated carbocycles.